The maximum absolute atomic E-state index is 11.8. The SMILES string of the molecule is COC1(c2noc(-c3cn(C)ccc3=O)n2)CCC1. The van der Waals surface area contributed by atoms with Gasteiger partial charge in [0.1, 0.15) is 11.2 Å². The van der Waals surface area contributed by atoms with Crippen molar-refractivity contribution in [2.45, 2.75) is 24.9 Å². The van der Waals surface area contributed by atoms with Crippen LogP contribution in [0.15, 0.2) is 27.8 Å². The molecule has 0 saturated heterocycles. The molecular formula is C13H15N3O3. The van der Waals surface area contributed by atoms with Gasteiger partial charge in [0.15, 0.2) is 5.43 Å². The van der Waals surface area contributed by atoms with Crippen molar-refractivity contribution in [3.05, 3.63) is 34.5 Å². The Morgan fingerprint density at radius 2 is 2.26 bits per heavy atom. The first-order valence-corrected chi connectivity index (χ1v) is 6.21. The standard InChI is InChI=1S/C13H15N3O3/c1-16-7-4-10(17)9(8-16)11-14-12(15-19-11)13(18-2)5-3-6-13/h4,7-8H,3,5-6H2,1-2H3. The highest BCUT2D eigenvalue weighted by atomic mass is 16.5. The summed E-state index contributed by atoms with van der Waals surface area (Å²) >= 11 is 0. The quantitative estimate of drug-likeness (QED) is 0.836. The van der Waals surface area contributed by atoms with E-state index in [9.17, 15) is 4.79 Å². The van der Waals surface area contributed by atoms with Crippen LogP contribution in [0.1, 0.15) is 25.1 Å². The van der Waals surface area contributed by atoms with Gasteiger partial charge in [-0.1, -0.05) is 5.16 Å². The average Bonchev–Trinajstić information content (AvgIpc) is 2.81. The lowest BCUT2D eigenvalue weighted by atomic mass is 9.79. The summed E-state index contributed by atoms with van der Waals surface area (Å²) in [7, 11) is 3.49. The van der Waals surface area contributed by atoms with E-state index in [-0.39, 0.29) is 11.3 Å². The molecule has 2 heterocycles. The minimum atomic E-state index is -0.429. The van der Waals surface area contributed by atoms with E-state index in [1.54, 1.807) is 24.1 Å². The van der Waals surface area contributed by atoms with Gasteiger partial charge in [-0.2, -0.15) is 4.98 Å². The molecule has 0 unspecified atom stereocenters. The van der Waals surface area contributed by atoms with Crippen LogP contribution >= 0.6 is 0 Å². The van der Waals surface area contributed by atoms with Crippen LogP contribution < -0.4 is 5.43 Å². The maximum Gasteiger partial charge on any atom is 0.263 e. The predicted molar refractivity (Wildman–Crippen MR) is 67.5 cm³/mol. The summed E-state index contributed by atoms with van der Waals surface area (Å²) < 4.78 is 12.5. The number of aromatic nitrogens is 3. The molecule has 6 heteroatoms. The summed E-state index contributed by atoms with van der Waals surface area (Å²) in [5, 5.41) is 3.97. The van der Waals surface area contributed by atoms with Gasteiger partial charge in [-0.15, -0.1) is 0 Å². The summed E-state index contributed by atoms with van der Waals surface area (Å²) in [6.45, 7) is 0. The molecule has 1 aliphatic rings. The van der Waals surface area contributed by atoms with Gasteiger partial charge < -0.3 is 13.8 Å². The van der Waals surface area contributed by atoms with E-state index in [0.29, 0.717) is 11.4 Å². The molecule has 0 amide bonds. The molecule has 1 aliphatic carbocycles. The molecule has 2 aromatic rings. The predicted octanol–water partition coefficient (Wildman–Crippen LogP) is 1.46. The Morgan fingerprint density at radius 1 is 1.47 bits per heavy atom. The summed E-state index contributed by atoms with van der Waals surface area (Å²) in [5.41, 5.74) is -0.149. The maximum atomic E-state index is 11.8. The highest BCUT2D eigenvalue weighted by Gasteiger charge is 2.43. The second-order valence-corrected chi connectivity index (χ2v) is 4.86. The molecule has 0 spiro atoms. The largest absolute Gasteiger partial charge is 0.370 e. The van der Waals surface area contributed by atoms with Crippen molar-refractivity contribution in [2.75, 3.05) is 7.11 Å². The molecule has 0 N–H and O–H groups in total. The van der Waals surface area contributed by atoms with Crippen molar-refractivity contribution < 1.29 is 9.26 Å². The van der Waals surface area contributed by atoms with Gasteiger partial charge in [-0.05, 0) is 19.3 Å². The molecule has 0 aliphatic heterocycles. The van der Waals surface area contributed by atoms with Gasteiger partial charge in [-0.3, -0.25) is 4.79 Å². The Labute approximate surface area is 110 Å². The van der Waals surface area contributed by atoms with Crippen molar-refractivity contribution in [1.29, 1.82) is 0 Å². The van der Waals surface area contributed by atoms with Crippen LogP contribution in [-0.2, 0) is 17.4 Å². The second kappa shape index (κ2) is 4.31. The second-order valence-electron chi connectivity index (χ2n) is 4.86. The molecule has 0 bridgehead atoms. The Balaban J connectivity index is 2.01. The van der Waals surface area contributed by atoms with Gasteiger partial charge in [-0.25, -0.2) is 0 Å². The third-order valence-electron chi connectivity index (χ3n) is 3.68. The highest BCUT2D eigenvalue weighted by Crippen LogP contribution is 2.43. The molecular weight excluding hydrogens is 246 g/mol. The number of ether oxygens (including phenoxy) is 1. The Bertz CT molecular complexity index is 650. The molecule has 0 radical (unpaired) electrons. The average molecular weight is 261 g/mol. The first-order valence-electron chi connectivity index (χ1n) is 6.21. The minimum absolute atomic E-state index is 0.131. The van der Waals surface area contributed by atoms with Crippen molar-refractivity contribution in [2.24, 2.45) is 7.05 Å². The number of aryl methyl sites for hydroxylation is 1. The topological polar surface area (TPSA) is 70.2 Å². The van der Waals surface area contributed by atoms with E-state index in [1.807, 2.05) is 7.05 Å². The summed E-state index contributed by atoms with van der Waals surface area (Å²) in [4.78, 5) is 16.1. The summed E-state index contributed by atoms with van der Waals surface area (Å²) in [5.74, 6) is 0.779. The molecule has 1 fully saturated rings. The van der Waals surface area contributed by atoms with Crippen LogP contribution in [0.2, 0.25) is 0 Å². The molecule has 0 atom stereocenters. The fourth-order valence-corrected chi connectivity index (χ4v) is 2.28. The molecule has 100 valence electrons. The van der Waals surface area contributed by atoms with Gasteiger partial charge in [0.25, 0.3) is 5.89 Å². The Kier molecular flexibility index (Phi) is 2.74. The molecule has 19 heavy (non-hydrogen) atoms. The molecule has 3 rings (SSSR count). The van der Waals surface area contributed by atoms with Crippen LogP contribution in [0.25, 0.3) is 11.5 Å². The van der Waals surface area contributed by atoms with Crippen molar-refractivity contribution >= 4 is 0 Å². The minimum Gasteiger partial charge on any atom is -0.370 e. The first-order chi connectivity index (χ1) is 9.14. The Morgan fingerprint density at radius 3 is 2.89 bits per heavy atom. The van der Waals surface area contributed by atoms with Gasteiger partial charge in [0.05, 0.1) is 0 Å². The van der Waals surface area contributed by atoms with Crippen LogP contribution in [0.4, 0.5) is 0 Å². The van der Waals surface area contributed by atoms with Gasteiger partial charge in [0.2, 0.25) is 5.82 Å². The van der Waals surface area contributed by atoms with E-state index >= 15 is 0 Å². The number of hydrogen-bond donors (Lipinski definition) is 0. The summed E-state index contributed by atoms with van der Waals surface area (Å²) in [6.07, 6.45) is 6.22. The number of rotatable bonds is 3. The van der Waals surface area contributed by atoms with E-state index in [4.69, 9.17) is 9.26 Å². The van der Waals surface area contributed by atoms with E-state index in [2.05, 4.69) is 10.1 Å². The third kappa shape index (κ3) is 1.88. The Hall–Kier alpha value is -1.95. The lowest BCUT2D eigenvalue weighted by Gasteiger charge is -2.37. The first kappa shape index (κ1) is 12.1. The number of pyridine rings is 1. The van der Waals surface area contributed by atoms with Gasteiger partial charge in [0, 0.05) is 32.6 Å². The summed E-state index contributed by atoms with van der Waals surface area (Å²) in [6, 6.07) is 1.48. The van der Waals surface area contributed by atoms with Crippen molar-refractivity contribution in [1.82, 2.24) is 14.7 Å². The third-order valence-corrected chi connectivity index (χ3v) is 3.68. The number of hydrogen-bond acceptors (Lipinski definition) is 5. The van der Waals surface area contributed by atoms with E-state index in [1.165, 1.54) is 6.07 Å². The zero-order valence-electron chi connectivity index (χ0n) is 10.9. The van der Waals surface area contributed by atoms with Crippen LogP contribution in [0.3, 0.4) is 0 Å². The van der Waals surface area contributed by atoms with Crippen molar-refractivity contribution in [3.63, 3.8) is 0 Å². The zero-order valence-corrected chi connectivity index (χ0v) is 10.9. The highest BCUT2D eigenvalue weighted by molar-refractivity contribution is 5.50. The van der Waals surface area contributed by atoms with Crippen LogP contribution in [0.5, 0.6) is 0 Å². The molecule has 2 aromatic heterocycles. The normalized spacial score (nSPS) is 17.2. The zero-order chi connectivity index (χ0) is 13.5. The van der Waals surface area contributed by atoms with Gasteiger partial charge >= 0.3 is 0 Å². The van der Waals surface area contributed by atoms with Crippen molar-refractivity contribution in [3.8, 4) is 11.5 Å². The molecule has 1 saturated carbocycles. The lowest BCUT2D eigenvalue weighted by molar-refractivity contribution is -0.0858. The smallest absolute Gasteiger partial charge is 0.263 e. The van der Waals surface area contributed by atoms with E-state index < -0.39 is 5.60 Å². The number of nitrogens with zero attached hydrogens (tertiary/aromatic N) is 3. The molecule has 0 aromatic carbocycles. The number of methoxy groups -OCH3 is 1. The fourth-order valence-electron chi connectivity index (χ4n) is 2.28. The van der Waals surface area contributed by atoms with Crippen LogP contribution in [0, 0.1) is 0 Å². The van der Waals surface area contributed by atoms with Crippen LogP contribution in [-0.4, -0.2) is 21.8 Å². The molecule has 6 nitrogen and oxygen atoms in total. The van der Waals surface area contributed by atoms with E-state index in [0.717, 1.165) is 19.3 Å². The monoisotopic (exact) mass is 261 g/mol. The lowest BCUT2D eigenvalue weighted by Crippen LogP contribution is -2.37. The fraction of sp³-hybridized carbons (Fsp3) is 0.462.